The number of hydrogen-bond donors (Lipinski definition) is 0. The molecule has 0 aromatic carbocycles. The zero-order valence-corrected chi connectivity index (χ0v) is 8.22. The summed E-state index contributed by atoms with van der Waals surface area (Å²) in [4.78, 5) is 0. The molecule has 0 atom stereocenters. The molecule has 1 aromatic heterocycles. The maximum atomic E-state index is 4.38. The van der Waals surface area contributed by atoms with Crippen LogP contribution >= 0.6 is 0 Å². The van der Waals surface area contributed by atoms with Gasteiger partial charge in [-0.05, 0) is 24.8 Å². The predicted molar refractivity (Wildman–Crippen MR) is 51.1 cm³/mol. The quantitative estimate of drug-likeness (QED) is 0.671. The van der Waals surface area contributed by atoms with Crippen molar-refractivity contribution in [3.8, 4) is 0 Å². The first-order chi connectivity index (χ1) is 5.74. The van der Waals surface area contributed by atoms with Gasteiger partial charge in [-0.3, -0.25) is 4.68 Å². The highest BCUT2D eigenvalue weighted by molar-refractivity contribution is 5.26. The van der Waals surface area contributed by atoms with Gasteiger partial charge in [0.2, 0.25) is 0 Å². The molecule has 0 N–H and O–H groups in total. The number of hydrogen-bond acceptors (Lipinski definition) is 1. The van der Waals surface area contributed by atoms with Crippen LogP contribution in [0.1, 0.15) is 37.7 Å². The minimum atomic E-state index is 1.01. The Labute approximate surface area is 74.6 Å². The van der Waals surface area contributed by atoms with Crippen molar-refractivity contribution >= 4 is 0 Å². The maximum Gasteiger partial charge on any atom is 0.0656 e. The maximum absolute atomic E-state index is 4.38. The standard InChI is InChI=1S/C10H17N2/c1-5-8-9(6-2)11-12(4)10(8)7-3/h4-7H2,1-3H3. The number of nitrogens with zero attached hydrogens (tertiary/aromatic N) is 2. The molecule has 1 rings (SSSR count). The second kappa shape index (κ2) is 3.74. The monoisotopic (exact) mass is 165 g/mol. The number of aryl methyl sites for hydroxylation is 1. The van der Waals surface area contributed by atoms with Crippen molar-refractivity contribution in [2.24, 2.45) is 0 Å². The van der Waals surface area contributed by atoms with Crippen LogP contribution in [0.4, 0.5) is 0 Å². The first kappa shape index (κ1) is 9.30. The highest BCUT2D eigenvalue weighted by atomic mass is 15.3. The molecule has 2 heteroatoms. The van der Waals surface area contributed by atoms with Crippen molar-refractivity contribution in [3.05, 3.63) is 24.0 Å². The van der Waals surface area contributed by atoms with Gasteiger partial charge in [-0.2, -0.15) is 5.10 Å². The fraction of sp³-hybridized carbons (Fsp3) is 0.600. The Kier molecular flexibility index (Phi) is 2.90. The Morgan fingerprint density at radius 3 is 2.25 bits per heavy atom. The van der Waals surface area contributed by atoms with Gasteiger partial charge in [-0.1, -0.05) is 20.8 Å². The smallest absolute Gasteiger partial charge is 0.0656 e. The highest BCUT2D eigenvalue weighted by Gasteiger charge is 2.10. The summed E-state index contributed by atoms with van der Waals surface area (Å²) in [7, 11) is 3.87. The van der Waals surface area contributed by atoms with E-state index in [9.17, 15) is 0 Å². The molecule has 0 aliphatic carbocycles. The molecular weight excluding hydrogens is 148 g/mol. The van der Waals surface area contributed by atoms with Crippen LogP contribution in [0, 0.1) is 7.05 Å². The van der Waals surface area contributed by atoms with E-state index in [1.54, 1.807) is 4.68 Å². The summed E-state index contributed by atoms with van der Waals surface area (Å²) in [6, 6.07) is 0. The third-order valence-corrected chi connectivity index (χ3v) is 2.27. The lowest BCUT2D eigenvalue weighted by Crippen LogP contribution is -1.95. The van der Waals surface area contributed by atoms with Crippen LogP contribution in [0.2, 0.25) is 0 Å². The molecule has 0 bridgehead atoms. The second-order valence-corrected chi connectivity index (χ2v) is 2.93. The summed E-state index contributed by atoms with van der Waals surface area (Å²) >= 11 is 0. The lowest BCUT2D eigenvalue weighted by atomic mass is 10.1. The average molecular weight is 165 g/mol. The normalized spacial score (nSPS) is 10.7. The lowest BCUT2D eigenvalue weighted by Gasteiger charge is -1.99. The van der Waals surface area contributed by atoms with E-state index in [1.807, 2.05) is 0 Å². The van der Waals surface area contributed by atoms with E-state index >= 15 is 0 Å². The van der Waals surface area contributed by atoms with Crippen molar-refractivity contribution in [3.63, 3.8) is 0 Å². The van der Waals surface area contributed by atoms with Gasteiger partial charge < -0.3 is 0 Å². The van der Waals surface area contributed by atoms with Crippen molar-refractivity contribution in [2.75, 3.05) is 0 Å². The molecule has 1 aromatic rings. The minimum Gasteiger partial charge on any atom is -0.267 e. The second-order valence-electron chi connectivity index (χ2n) is 2.93. The predicted octanol–water partition coefficient (Wildman–Crippen LogP) is 2.21. The molecule has 0 aliphatic rings. The van der Waals surface area contributed by atoms with E-state index in [0.29, 0.717) is 0 Å². The molecule has 0 spiro atoms. The van der Waals surface area contributed by atoms with E-state index in [2.05, 4.69) is 32.9 Å². The molecule has 0 aliphatic heterocycles. The van der Waals surface area contributed by atoms with Crippen molar-refractivity contribution in [1.82, 2.24) is 9.78 Å². The van der Waals surface area contributed by atoms with Gasteiger partial charge in [0.25, 0.3) is 0 Å². The van der Waals surface area contributed by atoms with Crippen LogP contribution in [0.5, 0.6) is 0 Å². The number of rotatable bonds is 3. The summed E-state index contributed by atoms with van der Waals surface area (Å²) in [6.07, 6.45) is 3.11. The van der Waals surface area contributed by atoms with E-state index in [1.165, 1.54) is 17.0 Å². The molecule has 1 heterocycles. The summed E-state index contributed by atoms with van der Waals surface area (Å²) < 4.78 is 1.78. The average Bonchev–Trinajstić information content (AvgIpc) is 2.40. The summed E-state index contributed by atoms with van der Waals surface area (Å²) in [5.74, 6) is 0. The molecule has 12 heavy (non-hydrogen) atoms. The first-order valence-electron chi connectivity index (χ1n) is 4.65. The van der Waals surface area contributed by atoms with Gasteiger partial charge in [0, 0.05) is 5.69 Å². The van der Waals surface area contributed by atoms with Gasteiger partial charge in [0.15, 0.2) is 0 Å². The van der Waals surface area contributed by atoms with Crippen LogP contribution in [0.3, 0.4) is 0 Å². The summed E-state index contributed by atoms with van der Waals surface area (Å²) in [5.41, 5.74) is 3.90. The fourth-order valence-corrected chi connectivity index (χ4v) is 1.68. The third-order valence-electron chi connectivity index (χ3n) is 2.27. The summed E-state index contributed by atoms with van der Waals surface area (Å²) in [5, 5.41) is 4.38. The van der Waals surface area contributed by atoms with Crippen LogP contribution in [-0.2, 0) is 19.3 Å². The largest absolute Gasteiger partial charge is 0.267 e. The topological polar surface area (TPSA) is 17.8 Å². The fourth-order valence-electron chi connectivity index (χ4n) is 1.68. The Bertz CT molecular complexity index is 261. The Balaban J connectivity index is 3.16. The van der Waals surface area contributed by atoms with Gasteiger partial charge in [-0.15, -0.1) is 0 Å². The SMILES string of the molecule is [CH2]n1nc(CC)c(CC)c1CC. The minimum absolute atomic E-state index is 1.01. The van der Waals surface area contributed by atoms with E-state index in [-0.39, 0.29) is 0 Å². The molecular formula is C10H17N2. The van der Waals surface area contributed by atoms with Crippen molar-refractivity contribution in [2.45, 2.75) is 40.0 Å². The van der Waals surface area contributed by atoms with Gasteiger partial charge in [0.05, 0.1) is 12.7 Å². The zero-order chi connectivity index (χ0) is 9.14. The van der Waals surface area contributed by atoms with Gasteiger partial charge in [0.1, 0.15) is 0 Å². The van der Waals surface area contributed by atoms with Crippen LogP contribution in [0.25, 0.3) is 0 Å². The van der Waals surface area contributed by atoms with Gasteiger partial charge in [-0.25, -0.2) is 0 Å². The van der Waals surface area contributed by atoms with Crippen LogP contribution in [-0.4, -0.2) is 9.78 Å². The first-order valence-corrected chi connectivity index (χ1v) is 4.65. The lowest BCUT2D eigenvalue weighted by molar-refractivity contribution is 0.789. The zero-order valence-electron chi connectivity index (χ0n) is 8.22. The number of aromatic nitrogens is 2. The molecule has 67 valence electrons. The Hall–Kier alpha value is -0.790. The Morgan fingerprint density at radius 2 is 1.83 bits per heavy atom. The van der Waals surface area contributed by atoms with Crippen LogP contribution < -0.4 is 0 Å². The van der Waals surface area contributed by atoms with Crippen LogP contribution in [0.15, 0.2) is 0 Å². The van der Waals surface area contributed by atoms with E-state index in [4.69, 9.17) is 0 Å². The molecule has 1 radical (unpaired) electrons. The Morgan fingerprint density at radius 1 is 1.17 bits per heavy atom. The van der Waals surface area contributed by atoms with E-state index in [0.717, 1.165) is 19.3 Å². The summed E-state index contributed by atoms with van der Waals surface area (Å²) in [6.45, 7) is 6.47. The van der Waals surface area contributed by atoms with Crippen molar-refractivity contribution < 1.29 is 0 Å². The molecule has 0 amide bonds. The molecule has 2 nitrogen and oxygen atoms in total. The molecule has 0 saturated heterocycles. The van der Waals surface area contributed by atoms with E-state index < -0.39 is 0 Å². The van der Waals surface area contributed by atoms with Crippen molar-refractivity contribution in [1.29, 1.82) is 0 Å². The highest BCUT2D eigenvalue weighted by Crippen LogP contribution is 2.15. The van der Waals surface area contributed by atoms with Gasteiger partial charge >= 0.3 is 0 Å². The molecule has 0 saturated carbocycles. The third kappa shape index (κ3) is 1.38. The molecule has 0 fully saturated rings. The molecule has 0 unspecified atom stereocenters.